The molecule has 2 aromatic carbocycles. The molecule has 0 aliphatic carbocycles. The topological polar surface area (TPSA) is 131 Å². The molecule has 0 unspecified atom stereocenters. The summed E-state index contributed by atoms with van der Waals surface area (Å²) in [6.07, 6.45) is 1.70. The van der Waals surface area contributed by atoms with E-state index >= 15 is 0 Å². The van der Waals surface area contributed by atoms with Crippen LogP contribution in [0.5, 0.6) is 11.5 Å². The maximum atomic E-state index is 13.8. The number of urea groups is 1. The summed E-state index contributed by atoms with van der Waals surface area (Å²) in [5.74, 6) is 0.951. The molecule has 2 aliphatic heterocycles. The van der Waals surface area contributed by atoms with Gasteiger partial charge >= 0.3 is 6.03 Å². The monoisotopic (exact) mass is 577 g/mol. The van der Waals surface area contributed by atoms with Gasteiger partial charge in [-0.1, -0.05) is 0 Å². The van der Waals surface area contributed by atoms with Crippen LogP contribution in [0.1, 0.15) is 29.8 Å². The van der Waals surface area contributed by atoms with Crippen molar-refractivity contribution in [3.63, 3.8) is 0 Å². The number of hydrogen-bond acceptors (Lipinski definition) is 10. The highest BCUT2D eigenvalue weighted by Gasteiger charge is 2.35. The van der Waals surface area contributed by atoms with Crippen molar-refractivity contribution in [3.8, 4) is 11.5 Å². The summed E-state index contributed by atoms with van der Waals surface area (Å²) in [6, 6.07) is 10.9. The minimum atomic E-state index is -0.525. The lowest BCUT2D eigenvalue weighted by molar-refractivity contribution is 0.0362. The van der Waals surface area contributed by atoms with E-state index in [0.717, 1.165) is 43.2 Å². The number of carbonyl (C=O) groups is 2. The fraction of sp³-hybridized carbons (Fsp3) is 0.379. The molecule has 3 amide bonds. The van der Waals surface area contributed by atoms with Crippen molar-refractivity contribution in [1.29, 1.82) is 0 Å². The molecule has 3 aromatic rings. The van der Waals surface area contributed by atoms with Crippen LogP contribution in [0.25, 0.3) is 0 Å². The van der Waals surface area contributed by atoms with Gasteiger partial charge < -0.3 is 24.4 Å². The quantitative estimate of drug-likeness (QED) is 0.344. The summed E-state index contributed by atoms with van der Waals surface area (Å²) < 4.78 is 16.5. The van der Waals surface area contributed by atoms with E-state index in [4.69, 9.17) is 24.0 Å². The highest BCUT2D eigenvalue weighted by Crippen LogP contribution is 2.40. The second-order valence-electron chi connectivity index (χ2n) is 9.52. The van der Waals surface area contributed by atoms with E-state index in [1.54, 1.807) is 24.1 Å². The van der Waals surface area contributed by atoms with Gasteiger partial charge in [-0.25, -0.2) is 15.3 Å². The first-order chi connectivity index (χ1) is 20.5. The molecule has 1 saturated heterocycles. The number of fused-ring (bicyclic) bond motifs is 1. The second kappa shape index (κ2) is 12.9. The molecule has 222 valence electrons. The van der Waals surface area contributed by atoms with Gasteiger partial charge in [-0.3, -0.25) is 19.4 Å². The average molecular weight is 578 g/mol. The lowest BCUT2D eigenvalue weighted by Crippen LogP contribution is -2.48. The van der Waals surface area contributed by atoms with Gasteiger partial charge in [0.1, 0.15) is 11.6 Å². The molecule has 1 aromatic heterocycles. The lowest BCUT2D eigenvalue weighted by atomic mass is 10.1. The van der Waals surface area contributed by atoms with E-state index in [-0.39, 0.29) is 30.5 Å². The van der Waals surface area contributed by atoms with Crippen molar-refractivity contribution in [1.82, 2.24) is 15.4 Å². The third kappa shape index (κ3) is 5.87. The number of methoxy groups -OCH3 is 2. The summed E-state index contributed by atoms with van der Waals surface area (Å²) >= 11 is 0. The van der Waals surface area contributed by atoms with Crippen LogP contribution in [0.3, 0.4) is 0 Å². The number of benzene rings is 2. The van der Waals surface area contributed by atoms with Gasteiger partial charge in [-0.15, -0.1) is 0 Å². The molecule has 13 nitrogen and oxygen atoms in total. The number of carbonyl (C=O) groups excluding carboxylic acids is 2. The summed E-state index contributed by atoms with van der Waals surface area (Å²) in [5.41, 5.74) is 5.60. The van der Waals surface area contributed by atoms with E-state index in [1.165, 1.54) is 25.2 Å². The van der Waals surface area contributed by atoms with Gasteiger partial charge in [0.25, 0.3) is 5.91 Å². The smallest absolute Gasteiger partial charge is 0.330 e. The largest absolute Gasteiger partial charge is 0.497 e. The molecule has 42 heavy (non-hydrogen) atoms. The van der Waals surface area contributed by atoms with Crippen LogP contribution in [-0.4, -0.2) is 75.6 Å². The average Bonchev–Trinajstić information content (AvgIpc) is 3.03. The molecule has 0 bridgehead atoms. The molecule has 1 fully saturated rings. The Morgan fingerprint density at radius 1 is 1.07 bits per heavy atom. The number of hydrogen-bond donors (Lipinski definition) is 2. The number of amides is 3. The SMILES string of the molecule is CCONC(=O)c1cc(OC)cc(N2Cc3cnc(Nc4ccc(N5CCOCC5)cc4)nc3N(CC)C2=O)c1OC. The van der Waals surface area contributed by atoms with Gasteiger partial charge in [0.2, 0.25) is 5.95 Å². The first kappa shape index (κ1) is 28.9. The zero-order valence-electron chi connectivity index (χ0n) is 24.2. The number of aromatic nitrogens is 2. The molecule has 2 N–H and O–H groups in total. The third-order valence-corrected chi connectivity index (χ3v) is 7.03. The van der Waals surface area contributed by atoms with Crippen LogP contribution in [0.4, 0.5) is 33.6 Å². The predicted octanol–water partition coefficient (Wildman–Crippen LogP) is 3.72. The van der Waals surface area contributed by atoms with Crippen molar-refractivity contribution < 1.29 is 28.6 Å². The Labute approximate surface area is 244 Å². The van der Waals surface area contributed by atoms with Crippen LogP contribution in [0.2, 0.25) is 0 Å². The number of hydroxylamine groups is 1. The predicted molar refractivity (Wildman–Crippen MR) is 158 cm³/mol. The molecule has 2 aliphatic rings. The van der Waals surface area contributed by atoms with Gasteiger partial charge in [-0.05, 0) is 44.2 Å². The number of anilines is 5. The van der Waals surface area contributed by atoms with Crippen molar-refractivity contribution >= 4 is 40.8 Å². The van der Waals surface area contributed by atoms with Gasteiger partial charge in [0.15, 0.2) is 5.75 Å². The number of rotatable bonds is 10. The number of nitrogens with zero attached hydrogens (tertiary/aromatic N) is 5. The summed E-state index contributed by atoms with van der Waals surface area (Å²) in [7, 11) is 2.93. The van der Waals surface area contributed by atoms with Crippen molar-refractivity contribution in [3.05, 3.63) is 53.7 Å². The Kier molecular flexibility index (Phi) is 8.88. The fourth-order valence-corrected chi connectivity index (χ4v) is 4.94. The number of ether oxygens (including phenoxy) is 3. The highest BCUT2D eigenvalue weighted by atomic mass is 16.6. The van der Waals surface area contributed by atoms with Crippen LogP contribution in [0.15, 0.2) is 42.6 Å². The van der Waals surface area contributed by atoms with Gasteiger partial charge in [0, 0.05) is 48.8 Å². The molecule has 0 atom stereocenters. The minimum absolute atomic E-state index is 0.162. The molecule has 5 rings (SSSR count). The second-order valence-corrected chi connectivity index (χ2v) is 9.52. The Morgan fingerprint density at radius 3 is 2.50 bits per heavy atom. The van der Waals surface area contributed by atoms with Crippen molar-refractivity contribution in [2.45, 2.75) is 20.4 Å². The Bertz CT molecular complexity index is 1430. The Morgan fingerprint density at radius 2 is 1.83 bits per heavy atom. The zero-order valence-corrected chi connectivity index (χ0v) is 24.2. The molecule has 3 heterocycles. The normalized spacial score (nSPS) is 14.9. The number of morpholine rings is 1. The van der Waals surface area contributed by atoms with E-state index in [1.807, 2.05) is 19.1 Å². The van der Waals surface area contributed by atoms with Crippen LogP contribution in [0, 0.1) is 0 Å². The van der Waals surface area contributed by atoms with Crippen molar-refractivity contribution in [2.75, 3.05) is 73.7 Å². The third-order valence-electron chi connectivity index (χ3n) is 7.03. The molecule has 0 saturated carbocycles. The first-order valence-electron chi connectivity index (χ1n) is 13.8. The lowest BCUT2D eigenvalue weighted by Gasteiger charge is -2.36. The molecule has 0 radical (unpaired) electrons. The minimum Gasteiger partial charge on any atom is -0.497 e. The van der Waals surface area contributed by atoms with Crippen LogP contribution < -0.4 is 35.0 Å². The van der Waals surface area contributed by atoms with Gasteiger partial charge in [-0.2, -0.15) is 4.98 Å². The molecular formula is C29H35N7O6. The molecular weight excluding hydrogens is 542 g/mol. The van der Waals surface area contributed by atoms with E-state index < -0.39 is 5.91 Å². The maximum Gasteiger partial charge on any atom is 0.330 e. The summed E-state index contributed by atoms with van der Waals surface area (Å²) in [4.78, 5) is 46.4. The Hall–Kier alpha value is -4.62. The highest BCUT2D eigenvalue weighted by molar-refractivity contribution is 6.08. The summed E-state index contributed by atoms with van der Waals surface area (Å²) in [6.45, 7) is 7.60. The van der Waals surface area contributed by atoms with Crippen LogP contribution in [-0.2, 0) is 16.1 Å². The fourth-order valence-electron chi connectivity index (χ4n) is 4.94. The Balaban J connectivity index is 1.42. The van der Waals surface area contributed by atoms with Crippen molar-refractivity contribution in [2.24, 2.45) is 0 Å². The maximum absolute atomic E-state index is 13.8. The standard InChI is InChI=1S/C29H35N7O6/c1-5-35-26-19(17-30-28(32-26)31-20-7-9-21(10-8-20)34-11-13-41-14-12-34)18-36(29(35)38)24-16-22(39-3)15-23(25(24)40-4)27(37)33-42-6-2/h7-10,15-17H,5-6,11-14,18H2,1-4H3,(H,33,37)(H,30,31,32). The van der Waals surface area contributed by atoms with E-state index in [9.17, 15) is 9.59 Å². The summed E-state index contributed by atoms with van der Waals surface area (Å²) in [5, 5.41) is 3.25. The first-order valence-corrected chi connectivity index (χ1v) is 13.8. The van der Waals surface area contributed by atoms with Crippen LogP contribution >= 0.6 is 0 Å². The molecule has 0 spiro atoms. The van der Waals surface area contributed by atoms with E-state index in [2.05, 4.69) is 32.8 Å². The molecule has 13 heteroatoms. The zero-order chi connectivity index (χ0) is 29.6. The van der Waals surface area contributed by atoms with E-state index in [0.29, 0.717) is 29.7 Å². The number of nitrogens with one attached hydrogen (secondary N) is 2. The van der Waals surface area contributed by atoms with Gasteiger partial charge in [0.05, 0.1) is 51.8 Å².